The van der Waals surface area contributed by atoms with E-state index in [1.165, 1.54) is 29.2 Å². The van der Waals surface area contributed by atoms with Crippen LogP contribution in [-0.4, -0.2) is 44.3 Å². The SMILES string of the molecule is CCCNC(=O)[C@H](CC)N(Cc1ccc(F)cc1)C(=O)CN(c1ccc(C(C)C)cc1)S(=O)(=O)c1ccccc1. The third kappa shape index (κ3) is 7.69. The van der Waals surface area contributed by atoms with Gasteiger partial charge in [0.25, 0.3) is 10.0 Å². The summed E-state index contributed by atoms with van der Waals surface area (Å²) < 4.78 is 42.4. The highest BCUT2D eigenvalue weighted by molar-refractivity contribution is 7.92. The summed E-state index contributed by atoms with van der Waals surface area (Å²) in [4.78, 5) is 28.5. The fourth-order valence-electron chi connectivity index (χ4n) is 4.35. The van der Waals surface area contributed by atoms with Gasteiger partial charge in [-0.1, -0.05) is 70.2 Å². The smallest absolute Gasteiger partial charge is 0.264 e. The van der Waals surface area contributed by atoms with Crippen molar-refractivity contribution in [2.75, 3.05) is 17.4 Å². The van der Waals surface area contributed by atoms with Gasteiger partial charge < -0.3 is 10.2 Å². The molecule has 2 amide bonds. The van der Waals surface area contributed by atoms with E-state index in [0.29, 0.717) is 24.2 Å². The molecule has 0 aliphatic heterocycles. The lowest BCUT2D eigenvalue weighted by Crippen LogP contribution is -2.52. The van der Waals surface area contributed by atoms with Crippen molar-refractivity contribution in [1.82, 2.24) is 10.2 Å². The minimum absolute atomic E-state index is 0.0165. The summed E-state index contributed by atoms with van der Waals surface area (Å²) in [5.74, 6) is -1.04. The second-order valence-corrected chi connectivity index (χ2v) is 11.8. The molecule has 3 aromatic carbocycles. The van der Waals surface area contributed by atoms with Crippen LogP contribution in [0.1, 0.15) is 57.6 Å². The summed E-state index contributed by atoms with van der Waals surface area (Å²) in [7, 11) is -4.13. The van der Waals surface area contributed by atoms with E-state index in [4.69, 9.17) is 0 Å². The molecule has 0 bridgehead atoms. The Labute approximate surface area is 237 Å². The van der Waals surface area contributed by atoms with Crippen LogP contribution in [0.5, 0.6) is 0 Å². The van der Waals surface area contributed by atoms with E-state index < -0.39 is 34.3 Å². The van der Waals surface area contributed by atoms with E-state index in [2.05, 4.69) is 5.32 Å². The summed E-state index contributed by atoms with van der Waals surface area (Å²) in [5.41, 5.74) is 1.99. The van der Waals surface area contributed by atoms with Crippen molar-refractivity contribution in [3.8, 4) is 0 Å². The van der Waals surface area contributed by atoms with Crippen LogP contribution in [0.2, 0.25) is 0 Å². The van der Waals surface area contributed by atoms with Gasteiger partial charge in [-0.2, -0.15) is 0 Å². The average Bonchev–Trinajstić information content (AvgIpc) is 2.96. The van der Waals surface area contributed by atoms with Gasteiger partial charge in [0.1, 0.15) is 18.4 Å². The molecule has 1 N–H and O–H groups in total. The summed E-state index contributed by atoms with van der Waals surface area (Å²) in [5, 5.41) is 2.85. The van der Waals surface area contributed by atoms with Gasteiger partial charge in [0.2, 0.25) is 11.8 Å². The number of carbonyl (C=O) groups is 2. The third-order valence-electron chi connectivity index (χ3n) is 6.66. The Kier molecular flexibility index (Phi) is 10.8. The van der Waals surface area contributed by atoms with E-state index in [-0.39, 0.29) is 23.3 Å². The molecule has 0 heterocycles. The van der Waals surface area contributed by atoms with Crippen LogP contribution in [0.3, 0.4) is 0 Å². The molecule has 1 atom stereocenters. The second kappa shape index (κ2) is 14.1. The molecule has 3 rings (SSSR count). The molecule has 0 fully saturated rings. The Morgan fingerprint density at radius 1 is 0.900 bits per heavy atom. The van der Waals surface area contributed by atoms with Gasteiger partial charge in [0.15, 0.2) is 0 Å². The van der Waals surface area contributed by atoms with Crippen molar-refractivity contribution < 1.29 is 22.4 Å². The maximum absolute atomic E-state index is 14.0. The lowest BCUT2D eigenvalue weighted by molar-refractivity contribution is -0.140. The van der Waals surface area contributed by atoms with Crippen LogP contribution in [0.4, 0.5) is 10.1 Å². The third-order valence-corrected chi connectivity index (χ3v) is 8.45. The average molecular weight is 568 g/mol. The first-order chi connectivity index (χ1) is 19.1. The Morgan fingerprint density at radius 3 is 2.08 bits per heavy atom. The normalized spacial score (nSPS) is 12.2. The standard InChI is InChI=1S/C31H38FN3O4S/c1-5-20-33-31(37)29(6-2)34(21-24-12-16-26(32)17-13-24)30(36)22-35(27-18-14-25(15-19-27)23(3)4)40(38,39)28-10-8-7-9-11-28/h7-19,23,29H,5-6,20-22H2,1-4H3,(H,33,37)/t29-/m0/s1. The molecule has 0 spiro atoms. The monoisotopic (exact) mass is 567 g/mol. The number of nitrogens with zero attached hydrogens (tertiary/aromatic N) is 2. The number of anilines is 1. The van der Waals surface area contributed by atoms with Crippen LogP contribution in [0.15, 0.2) is 83.8 Å². The second-order valence-electron chi connectivity index (χ2n) is 9.93. The van der Waals surface area contributed by atoms with E-state index in [1.807, 2.05) is 32.9 Å². The van der Waals surface area contributed by atoms with Crippen LogP contribution in [0, 0.1) is 5.82 Å². The van der Waals surface area contributed by atoms with Crippen LogP contribution >= 0.6 is 0 Å². The lowest BCUT2D eigenvalue weighted by atomic mass is 10.0. The van der Waals surface area contributed by atoms with Crippen LogP contribution in [0.25, 0.3) is 0 Å². The molecule has 0 aliphatic carbocycles. The first kappa shape index (κ1) is 30.8. The van der Waals surface area contributed by atoms with Crippen molar-refractivity contribution >= 4 is 27.5 Å². The van der Waals surface area contributed by atoms with Crippen molar-refractivity contribution in [3.63, 3.8) is 0 Å². The minimum Gasteiger partial charge on any atom is -0.354 e. The Hall–Kier alpha value is -3.72. The lowest BCUT2D eigenvalue weighted by Gasteiger charge is -2.33. The van der Waals surface area contributed by atoms with Crippen molar-refractivity contribution in [3.05, 3.63) is 95.8 Å². The van der Waals surface area contributed by atoms with Gasteiger partial charge >= 0.3 is 0 Å². The predicted octanol–water partition coefficient (Wildman–Crippen LogP) is 5.48. The van der Waals surface area contributed by atoms with Gasteiger partial charge in [-0.3, -0.25) is 13.9 Å². The van der Waals surface area contributed by atoms with Crippen molar-refractivity contribution in [2.24, 2.45) is 0 Å². The van der Waals surface area contributed by atoms with Gasteiger partial charge in [-0.15, -0.1) is 0 Å². The van der Waals surface area contributed by atoms with Gasteiger partial charge in [0.05, 0.1) is 10.6 Å². The maximum atomic E-state index is 14.0. The number of rotatable bonds is 13. The first-order valence-electron chi connectivity index (χ1n) is 13.6. The molecular formula is C31H38FN3O4S. The fourth-order valence-corrected chi connectivity index (χ4v) is 5.78. The number of sulfonamides is 1. The molecule has 0 unspecified atom stereocenters. The zero-order chi connectivity index (χ0) is 29.3. The minimum atomic E-state index is -4.13. The number of nitrogens with one attached hydrogen (secondary N) is 1. The molecule has 9 heteroatoms. The highest BCUT2D eigenvalue weighted by atomic mass is 32.2. The molecular weight excluding hydrogens is 529 g/mol. The van der Waals surface area contributed by atoms with Gasteiger partial charge in [0, 0.05) is 13.1 Å². The maximum Gasteiger partial charge on any atom is 0.264 e. The zero-order valence-corrected chi connectivity index (χ0v) is 24.3. The molecule has 0 aromatic heterocycles. The first-order valence-corrected chi connectivity index (χ1v) is 15.0. The topological polar surface area (TPSA) is 86.8 Å². The molecule has 0 saturated carbocycles. The Bertz CT molecular complexity index is 1360. The van der Waals surface area contributed by atoms with Crippen LogP contribution < -0.4 is 9.62 Å². The Balaban J connectivity index is 2.04. The molecule has 214 valence electrons. The van der Waals surface area contributed by atoms with Crippen LogP contribution in [-0.2, 0) is 26.2 Å². The number of hydrogen-bond acceptors (Lipinski definition) is 4. The molecule has 0 radical (unpaired) electrons. The highest BCUT2D eigenvalue weighted by Gasteiger charge is 2.33. The van der Waals surface area contributed by atoms with E-state index >= 15 is 0 Å². The largest absolute Gasteiger partial charge is 0.354 e. The van der Waals surface area contributed by atoms with Gasteiger partial charge in [-0.05, 0) is 66.3 Å². The molecule has 0 aliphatic rings. The number of carbonyl (C=O) groups excluding carboxylic acids is 2. The molecule has 7 nitrogen and oxygen atoms in total. The van der Waals surface area contributed by atoms with E-state index in [0.717, 1.165) is 16.3 Å². The van der Waals surface area contributed by atoms with Gasteiger partial charge in [-0.25, -0.2) is 12.8 Å². The zero-order valence-electron chi connectivity index (χ0n) is 23.5. The highest BCUT2D eigenvalue weighted by Crippen LogP contribution is 2.27. The fraction of sp³-hybridized carbons (Fsp3) is 0.355. The summed E-state index contributed by atoms with van der Waals surface area (Å²) >= 11 is 0. The number of amides is 2. The van der Waals surface area contributed by atoms with E-state index in [9.17, 15) is 22.4 Å². The number of halogens is 1. The summed E-state index contributed by atoms with van der Waals surface area (Å²) in [6, 6.07) is 19.9. The number of hydrogen-bond donors (Lipinski definition) is 1. The quantitative estimate of drug-likeness (QED) is 0.296. The van der Waals surface area contributed by atoms with E-state index in [1.54, 1.807) is 49.4 Å². The summed E-state index contributed by atoms with van der Waals surface area (Å²) in [6.45, 7) is 7.76. The van der Waals surface area contributed by atoms with Crippen molar-refractivity contribution in [1.29, 1.82) is 0 Å². The summed E-state index contributed by atoms with van der Waals surface area (Å²) in [6.07, 6.45) is 1.04. The number of benzene rings is 3. The van der Waals surface area contributed by atoms with Crippen molar-refractivity contribution in [2.45, 2.75) is 63.9 Å². The molecule has 40 heavy (non-hydrogen) atoms. The molecule has 3 aromatic rings. The molecule has 0 saturated heterocycles. The Morgan fingerprint density at radius 2 is 1.52 bits per heavy atom. The predicted molar refractivity (Wildman–Crippen MR) is 156 cm³/mol.